The zero-order valence-corrected chi connectivity index (χ0v) is 11.2. The molecule has 1 unspecified atom stereocenters. The summed E-state index contributed by atoms with van der Waals surface area (Å²) in [5.74, 6) is 0.416. The van der Waals surface area contributed by atoms with E-state index >= 15 is 0 Å². The summed E-state index contributed by atoms with van der Waals surface area (Å²) in [5, 5.41) is 7.09. The number of hydrogen-bond donors (Lipinski definition) is 2. The molecule has 19 heavy (non-hydrogen) atoms. The predicted molar refractivity (Wildman–Crippen MR) is 71.8 cm³/mol. The first-order chi connectivity index (χ1) is 9.19. The molecule has 2 rings (SSSR count). The van der Waals surface area contributed by atoms with Gasteiger partial charge in [-0.25, -0.2) is 4.98 Å². The van der Waals surface area contributed by atoms with E-state index in [0.717, 1.165) is 11.3 Å². The van der Waals surface area contributed by atoms with Crippen LogP contribution in [-0.4, -0.2) is 28.2 Å². The topological polar surface area (TPSA) is 93.9 Å². The van der Waals surface area contributed by atoms with E-state index in [1.54, 1.807) is 7.11 Å². The van der Waals surface area contributed by atoms with E-state index in [1.807, 2.05) is 24.3 Å². The summed E-state index contributed by atoms with van der Waals surface area (Å²) < 4.78 is 5.11. The molecular formula is C12H14N4O2S. The van der Waals surface area contributed by atoms with Crippen molar-refractivity contribution in [1.29, 1.82) is 0 Å². The molecule has 0 aliphatic heterocycles. The van der Waals surface area contributed by atoms with Crippen molar-refractivity contribution in [2.24, 2.45) is 5.73 Å². The molecule has 0 saturated heterocycles. The molecule has 1 amide bonds. The Bertz CT molecular complexity index is 527. The highest BCUT2D eigenvalue weighted by Gasteiger charge is 2.17. The van der Waals surface area contributed by atoms with Crippen LogP contribution in [0.5, 0.6) is 5.75 Å². The SMILES string of the molecule is COc1ccc(C(CC(N)=O)Sc2ncn[nH]2)cc1. The summed E-state index contributed by atoms with van der Waals surface area (Å²) in [5.41, 5.74) is 6.28. The van der Waals surface area contributed by atoms with Crippen LogP contribution in [0.2, 0.25) is 0 Å². The van der Waals surface area contributed by atoms with Gasteiger partial charge in [-0.3, -0.25) is 9.89 Å². The van der Waals surface area contributed by atoms with Crippen LogP contribution in [0.3, 0.4) is 0 Å². The predicted octanol–water partition coefficient (Wildman–Crippen LogP) is 1.52. The van der Waals surface area contributed by atoms with E-state index in [1.165, 1.54) is 18.1 Å². The van der Waals surface area contributed by atoms with Crippen LogP contribution in [0, 0.1) is 0 Å². The highest BCUT2D eigenvalue weighted by Crippen LogP contribution is 2.36. The van der Waals surface area contributed by atoms with E-state index in [0.29, 0.717) is 5.16 Å². The number of carbonyl (C=O) groups is 1. The molecule has 1 heterocycles. The van der Waals surface area contributed by atoms with Gasteiger partial charge < -0.3 is 10.5 Å². The third-order valence-corrected chi connectivity index (χ3v) is 3.66. The number of nitrogens with two attached hydrogens (primary N) is 1. The minimum atomic E-state index is -0.354. The summed E-state index contributed by atoms with van der Waals surface area (Å²) in [6.45, 7) is 0. The standard InChI is InChI=1S/C12H14N4O2S/c1-18-9-4-2-8(3-5-9)10(6-11(13)17)19-12-14-7-15-16-12/h2-5,7,10H,6H2,1H3,(H2,13,17)(H,14,15,16). The fourth-order valence-corrected chi connectivity index (χ4v) is 2.64. The van der Waals surface area contributed by atoms with Crippen molar-refractivity contribution in [3.63, 3.8) is 0 Å². The highest BCUT2D eigenvalue weighted by molar-refractivity contribution is 7.99. The number of aromatic nitrogens is 3. The highest BCUT2D eigenvalue weighted by atomic mass is 32.2. The van der Waals surface area contributed by atoms with Crippen LogP contribution in [0.15, 0.2) is 35.7 Å². The first-order valence-electron chi connectivity index (χ1n) is 5.63. The Morgan fingerprint density at radius 3 is 2.74 bits per heavy atom. The number of H-pyrrole nitrogens is 1. The first-order valence-corrected chi connectivity index (χ1v) is 6.51. The summed E-state index contributed by atoms with van der Waals surface area (Å²) in [4.78, 5) is 15.2. The molecule has 3 N–H and O–H groups in total. The van der Waals surface area contributed by atoms with Crippen molar-refractivity contribution < 1.29 is 9.53 Å². The maximum atomic E-state index is 11.2. The number of thioether (sulfide) groups is 1. The summed E-state index contributed by atoms with van der Waals surface area (Å²) in [7, 11) is 1.61. The molecule has 0 fully saturated rings. The van der Waals surface area contributed by atoms with Crippen molar-refractivity contribution >= 4 is 17.7 Å². The lowest BCUT2D eigenvalue weighted by Crippen LogP contribution is -2.14. The average molecular weight is 278 g/mol. The fourth-order valence-electron chi connectivity index (χ4n) is 1.61. The van der Waals surface area contributed by atoms with Crippen LogP contribution < -0.4 is 10.5 Å². The van der Waals surface area contributed by atoms with Crippen LogP contribution in [-0.2, 0) is 4.79 Å². The van der Waals surface area contributed by atoms with Crippen LogP contribution >= 0.6 is 11.8 Å². The lowest BCUT2D eigenvalue weighted by molar-refractivity contribution is -0.118. The zero-order valence-electron chi connectivity index (χ0n) is 10.4. The van der Waals surface area contributed by atoms with Crippen molar-refractivity contribution in [3.05, 3.63) is 36.2 Å². The lowest BCUT2D eigenvalue weighted by Gasteiger charge is -2.14. The third-order valence-electron chi connectivity index (χ3n) is 2.52. The smallest absolute Gasteiger partial charge is 0.218 e. The van der Waals surface area contributed by atoms with Crippen molar-refractivity contribution in [3.8, 4) is 5.75 Å². The largest absolute Gasteiger partial charge is 0.497 e. The number of aromatic amines is 1. The number of nitrogens with one attached hydrogen (secondary N) is 1. The van der Waals surface area contributed by atoms with E-state index in [2.05, 4.69) is 15.2 Å². The summed E-state index contributed by atoms with van der Waals surface area (Å²) >= 11 is 1.42. The number of nitrogens with zero attached hydrogens (tertiary/aromatic N) is 2. The van der Waals surface area contributed by atoms with Crippen LogP contribution in [0.4, 0.5) is 0 Å². The number of ether oxygens (including phenoxy) is 1. The van der Waals surface area contributed by atoms with E-state index < -0.39 is 0 Å². The Labute approximate surface area is 114 Å². The van der Waals surface area contributed by atoms with Gasteiger partial charge in [0.25, 0.3) is 0 Å². The number of primary amides is 1. The Morgan fingerprint density at radius 1 is 1.47 bits per heavy atom. The number of methoxy groups -OCH3 is 1. The van der Waals surface area contributed by atoms with Gasteiger partial charge >= 0.3 is 0 Å². The minimum Gasteiger partial charge on any atom is -0.497 e. The van der Waals surface area contributed by atoms with E-state index in [9.17, 15) is 4.79 Å². The summed E-state index contributed by atoms with van der Waals surface area (Å²) in [6, 6.07) is 7.53. The molecule has 1 aromatic carbocycles. The van der Waals surface area contributed by atoms with Gasteiger partial charge in [0, 0.05) is 11.7 Å². The van der Waals surface area contributed by atoms with Gasteiger partial charge in [-0.05, 0) is 17.7 Å². The zero-order chi connectivity index (χ0) is 13.7. The van der Waals surface area contributed by atoms with Crippen molar-refractivity contribution in [1.82, 2.24) is 15.2 Å². The summed E-state index contributed by atoms with van der Waals surface area (Å²) in [6.07, 6.45) is 1.66. The number of benzene rings is 1. The normalized spacial score (nSPS) is 12.1. The van der Waals surface area contributed by atoms with Gasteiger partial charge in [-0.15, -0.1) is 0 Å². The molecule has 0 aliphatic rings. The van der Waals surface area contributed by atoms with Crippen molar-refractivity contribution in [2.45, 2.75) is 16.8 Å². The maximum Gasteiger partial charge on any atom is 0.218 e. The quantitative estimate of drug-likeness (QED) is 0.781. The van der Waals surface area contributed by atoms with Gasteiger partial charge in [0.05, 0.1) is 7.11 Å². The molecule has 2 aromatic rings. The molecule has 7 heteroatoms. The van der Waals surface area contributed by atoms with Gasteiger partial charge in [0.2, 0.25) is 5.91 Å². The molecule has 1 atom stereocenters. The third kappa shape index (κ3) is 3.72. The average Bonchev–Trinajstić information content (AvgIpc) is 2.90. The van der Waals surface area contributed by atoms with Gasteiger partial charge in [0.15, 0.2) is 5.16 Å². The second-order valence-electron chi connectivity index (χ2n) is 3.84. The molecule has 100 valence electrons. The van der Waals surface area contributed by atoms with Crippen LogP contribution in [0.1, 0.15) is 17.2 Å². The number of carbonyl (C=O) groups excluding carboxylic acids is 1. The van der Waals surface area contributed by atoms with Gasteiger partial charge in [-0.2, -0.15) is 5.10 Å². The first kappa shape index (κ1) is 13.4. The minimum absolute atomic E-state index is 0.101. The second-order valence-corrected chi connectivity index (χ2v) is 5.03. The molecular weight excluding hydrogens is 264 g/mol. The molecule has 0 bridgehead atoms. The Morgan fingerprint density at radius 2 is 2.21 bits per heavy atom. The Balaban J connectivity index is 2.17. The van der Waals surface area contributed by atoms with E-state index in [-0.39, 0.29) is 17.6 Å². The van der Waals surface area contributed by atoms with Gasteiger partial charge in [-0.1, -0.05) is 23.9 Å². The lowest BCUT2D eigenvalue weighted by atomic mass is 10.1. The van der Waals surface area contributed by atoms with Crippen LogP contribution in [0.25, 0.3) is 0 Å². The number of amides is 1. The van der Waals surface area contributed by atoms with Crippen molar-refractivity contribution in [2.75, 3.05) is 7.11 Å². The fraction of sp³-hybridized carbons (Fsp3) is 0.250. The molecule has 0 saturated carbocycles. The molecule has 1 aromatic heterocycles. The number of hydrogen-bond acceptors (Lipinski definition) is 5. The molecule has 6 nitrogen and oxygen atoms in total. The number of rotatable bonds is 6. The second kappa shape index (κ2) is 6.24. The molecule has 0 spiro atoms. The Hall–Kier alpha value is -2.02. The Kier molecular flexibility index (Phi) is 4.40. The maximum absolute atomic E-state index is 11.2. The molecule has 0 aliphatic carbocycles. The van der Waals surface area contributed by atoms with Gasteiger partial charge in [0.1, 0.15) is 12.1 Å². The van der Waals surface area contributed by atoms with E-state index in [4.69, 9.17) is 10.5 Å². The molecule has 0 radical (unpaired) electrons. The monoisotopic (exact) mass is 278 g/mol.